The highest BCUT2D eigenvalue weighted by Crippen LogP contribution is 2.22. The van der Waals surface area contributed by atoms with Gasteiger partial charge in [-0.15, -0.1) is 0 Å². The molecule has 0 aliphatic rings. The van der Waals surface area contributed by atoms with Gasteiger partial charge in [0.2, 0.25) is 5.95 Å². The Labute approximate surface area is 122 Å². The fourth-order valence-electron chi connectivity index (χ4n) is 2.08. The molecule has 0 aliphatic carbocycles. The number of hydrogen-bond acceptors (Lipinski definition) is 2. The molecule has 0 aliphatic heterocycles. The Hall–Kier alpha value is -2.30. The Bertz CT molecular complexity index is 626. The van der Waals surface area contributed by atoms with Gasteiger partial charge in [0.1, 0.15) is 5.82 Å². The SMILES string of the molecule is CC(C)C(NC(=O)c1cccnc1F)c1ccc(F)cc1. The van der Waals surface area contributed by atoms with E-state index in [-0.39, 0.29) is 23.3 Å². The quantitative estimate of drug-likeness (QED) is 0.876. The van der Waals surface area contributed by atoms with Crippen molar-refractivity contribution in [1.29, 1.82) is 0 Å². The van der Waals surface area contributed by atoms with Gasteiger partial charge in [0.05, 0.1) is 11.6 Å². The molecule has 1 N–H and O–H groups in total. The van der Waals surface area contributed by atoms with Crippen molar-refractivity contribution < 1.29 is 13.6 Å². The minimum absolute atomic E-state index is 0.0687. The van der Waals surface area contributed by atoms with E-state index in [1.807, 2.05) is 13.8 Å². The molecule has 1 heterocycles. The van der Waals surface area contributed by atoms with Gasteiger partial charge in [0, 0.05) is 6.20 Å². The molecule has 1 aromatic heterocycles. The number of aromatic nitrogens is 1. The van der Waals surface area contributed by atoms with Gasteiger partial charge in [-0.05, 0) is 35.7 Å². The molecule has 1 amide bonds. The lowest BCUT2D eigenvalue weighted by Gasteiger charge is -2.23. The van der Waals surface area contributed by atoms with Crippen LogP contribution in [0.15, 0.2) is 42.6 Å². The van der Waals surface area contributed by atoms with Gasteiger partial charge >= 0.3 is 0 Å². The van der Waals surface area contributed by atoms with Crippen molar-refractivity contribution in [2.75, 3.05) is 0 Å². The summed E-state index contributed by atoms with van der Waals surface area (Å²) < 4.78 is 26.5. The Morgan fingerprint density at radius 3 is 2.38 bits per heavy atom. The highest BCUT2D eigenvalue weighted by molar-refractivity contribution is 5.94. The van der Waals surface area contributed by atoms with Crippen LogP contribution < -0.4 is 5.32 Å². The Morgan fingerprint density at radius 2 is 1.81 bits per heavy atom. The van der Waals surface area contributed by atoms with Crippen molar-refractivity contribution in [3.05, 3.63) is 65.5 Å². The Balaban J connectivity index is 2.23. The molecule has 3 nitrogen and oxygen atoms in total. The fraction of sp³-hybridized carbons (Fsp3) is 0.250. The van der Waals surface area contributed by atoms with Crippen molar-refractivity contribution in [2.45, 2.75) is 19.9 Å². The average Bonchev–Trinajstić information content (AvgIpc) is 2.46. The van der Waals surface area contributed by atoms with Gasteiger partial charge in [-0.1, -0.05) is 26.0 Å². The number of hydrogen-bond donors (Lipinski definition) is 1. The molecule has 2 rings (SSSR count). The number of carbonyl (C=O) groups excluding carboxylic acids is 1. The van der Waals surface area contributed by atoms with E-state index in [0.717, 1.165) is 5.56 Å². The summed E-state index contributed by atoms with van der Waals surface area (Å²) in [6.07, 6.45) is 1.28. The first kappa shape index (κ1) is 15.1. The molecule has 0 bridgehead atoms. The average molecular weight is 290 g/mol. The predicted octanol–water partition coefficient (Wildman–Crippen LogP) is 3.49. The van der Waals surface area contributed by atoms with Crippen LogP contribution in [0.4, 0.5) is 8.78 Å². The van der Waals surface area contributed by atoms with Crippen LogP contribution in [-0.4, -0.2) is 10.9 Å². The van der Waals surface area contributed by atoms with E-state index >= 15 is 0 Å². The third-order valence-corrected chi connectivity index (χ3v) is 3.19. The van der Waals surface area contributed by atoms with Gasteiger partial charge in [-0.2, -0.15) is 4.39 Å². The predicted molar refractivity (Wildman–Crippen MR) is 75.6 cm³/mol. The highest BCUT2D eigenvalue weighted by atomic mass is 19.1. The van der Waals surface area contributed by atoms with Crippen LogP contribution in [0.5, 0.6) is 0 Å². The maximum atomic E-state index is 13.5. The van der Waals surface area contributed by atoms with Gasteiger partial charge in [-0.3, -0.25) is 4.79 Å². The van der Waals surface area contributed by atoms with Crippen LogP contribution in [0.3, 0.4) is 0 Å². The molecule has 0 fully saturated rings. The number of rotatable bonds is 4. The minimum Gasteiger partial charge on any atom is -0.345 e. The third kappa shape index (κ3) is 3.62. The number of nitrogens with zero attached hydrogens (tertiary/aromatic N) is 1. The standard InChI is InChI=1S/C16H16F2N2O/c1-10(2)14(11-5-7-12(17)8-6-11)20-16(21)13-4-3-9-19-15(13)18/h3-10,14H,1-2H3,(H,20,21). The van der Waals surface area contributed by atoms with Crippen molar-refractivity contribution in [1.82, 2.24) is 10.3 Å². The number of pyridine rings is 1. The summed E-state index contributed by atoms with van der Waals surface area (Å²) in [7, 11) is 0. The van der Waals surface area contributed by atoms with E-state index in [1.165, 1.54) is 30.5 Å². The summed E-state index contributed by atoms with van der Waals surface area (Å²) in [5.74, 6) is -1.62. The van der Waals surface area contributed by atoms with Crippen molar-refractivity contribution in [3.8, 4) is 0 Å². The third-order valence-electron chi connectivity index (χ3n) is 3.19. The molecule has 0 saturated heterocycles. The number of halogens is 2. The summed E-state index contributed by atoms with van der Waals surface area (Å²) in [5.41, 5.74) is 0.661. The molecule has 0 spiro atoms. The summed E-state index contributed by atoms with van der Waals surface area (Å²) in [6.45, 7) is 3.85. The zero-order chi connectivity index (χ0) is 15.4. The lowest BCUT2D eigenvalue weighted by molar-refractivity contribution is 0.0920. The van der Waals surface area contributed by atoms with Crippen LogP contribution in [0.25, 0.3) is 0 Å². The lowest BCUT2D eigenvalue weighted by Crippen LogP contribution is -2.32. The largest absolute Gasteiger partial charge is 0.345 e. The molecule has 0 radical (unpaired) electrons. The zero-order valence-electron chi connectivity index (χ0n) is 11.8. The number of carbonyl (C=O) groups is 1. The van der Waals surface area contributed by atoms with Gasteiger partial charge in [0.25, 0.3) is 5.91 Å². The maximum absolute atomic E-state index is 13.5. The lowest BCUT2D eigenvalue weighted by atomic mass is 9.95. The first-order valence-corrected chi connectivity index (χ1v) is 6.66. The van der Waals surface area contributed by atoms with Crippen LogP contribution >= 0.6 is 0 Å². The fourth-order valence-corrected chi connectivity index (χ4v) is 2.08. The first-order valence-electron chi connectivity index (χ1n) is 6.66. The van der Waals surface area contributed by atoms with Crippen LogP contribution in [-0.2, 0) is 0 Å². The number of benzene rings is 1. The van der Waals surface area contributed by atoms with Crippen LogP contribution in [0.1, 0.15) is 35.8 Å². The maximum Gasteiger partial charge on any atom is 0.256 e. The summed E-state index contributed by atoms with van der Waals surface area (Å²) in [4.78, 5) is 15.6. The van der Waals surface area contributed by atoms with Crippen LogP contribution in [0.2, 0.25) is 0 Å². The second-order valence-corrected chi connectivity index (χ2v) is 5.09. The molecule has 1 unspecified atom stereocenters. The van der Waals surface area contributed by atoms with Crippen molar-refractivity contribution in [2.24, 2.45) is 5.92 Å². The van der Waals surface area contributed by atoms with Crippen molar-refractivity contribution >= 4 is 5.91 Å². The topological polar surface area (TPSA) is 42.0 Å². The highest BCUT2D eigenvalue weighted by Gasteiger charge is 2.21. The van der Waals surface area contributed by atoms with Crippen molar-refractivity contribution in [3.63, 3.8) is 0 Å². The molecule has 2 aromatic rings. The van der Waals surface area contributed by atoms with E-state index in [4.69, 9.17) is 0 Å². The van der Waals surface area contributed by atoms with Gasteiger partial charge in [-0.25, -0.2) is 9.37 Å². The molecular weight excluding hydrogens is 274 g/mol. The molecular formula is C16H16F2N2O. The molecule has 0 saturated carbocycles. The summed E-state index contributed by atoms with van der Waals surface area (Å²) in [5, 5.41) is 2.77. The summed E-state index contributed by atoms with van der Waals surface area (Å²) in [6, 6.07) is 8.43. The monoisotopic (exact) mass is 290 g/mol. The molecule has 110 valence electrons. The smallest absolute Gasteiger partial charge is 0.256 e. The van der Waals surface area contributed by atoms with Crippen LogP contribution in [0, 0.1) is 17.7 Å². The van der Waals surface area contributed by atoms with E-state index in [9.17, 15) is 13.6 Å². The molecule has 21 heavy (non-hydrogen) atoms. The van der Waals surface area contributed by atoms with E-state index in [2.05, 4.69) is 10.3 Å². The Morgan fingerprint density at radius 1 is 1.14 bits per heavy atom. The zero-order valence-corrected chi connectivity index (χ0v) is 11.8. The van der Waals surface area contributed by atoms with E-state index < -0.39 is 11.9 Å². The molecule has 5 heteroatoms. The second kappa shape index (κ2) is 6.43. The van der Waals surface area contributed by atoms with E-state index in [0.29, 0.717) is 0 Å². The molecule has 1 aromatic carbocycles. The minimum atomic E-state index is -0.809. The normalized spacial score (nSPS) is 12.2. The Kier molecular flexibility index (Phi) is 4.62. The van der Waals surface area contributed by atoms with E-state index in [1.54, 1.807) is 12.1 Å². The summed E-state index contributed by atoms with van der Waals surface area (Å²) >= 11 is 0. The number of amides is 1. The second-order valence-electron chi connectivity index (χ2n) is 5.09. The molecule has 1 atom stereocenters. The first-order chi connectivity index (χ1) is 9.99. The van der Waals surface area contributed by atoms with Gasteiger partial charge < -0.3 is 5.32 Å². The number of nitrogens with one attached hydrogen (secondary N) is 1. The van der Waals surface area contributed by atoms with Gasteiger partial charge in [0.15, 0.2) is 0 Å².